The summed E-state index contributed by atoms with van der Waals surface area (Å²) in [6.07, 6.45) is 0. The predicted molar refractivity (Wildman–Crippen MR) is 112 cm³/mol. The van der Waals surface area contributed by atoms with Crippen molar-refractivity contribution in [2.75, 3.05) is 7.11 Å². The van der Waals surface area contributed by atoms with E-state index in [4.69, 9.17) is 21.1 Å². The summed E-state index contributed by atoms with van der Waals surface area (Å²) >= 11 is 7.41. The number of benzene rings is 2. The summed E-state index contributed by atoms with van der Waals surface area (Å²) in [5.41, 5.74) is 1.43. The van der Waals surface area contributed by atoms with E-state index in [1.165, 1.54) is 24.5 Å². The van der Waals surface area contributed by atoms with Crippen LogP contribution < -0.4 is 14.8 Å². The highest BCUT2D eigenvalue weighted by atomic mass is 35.5. The zero-order chi connectivity index (χ0) is 21.0. The summed E-state index contributed by atoms with van der Waals surface area (Å²) in [4.78, 5) is 16.5. The van der Waals surface area contributed by atoms with Crippen LogP contribution >= 0.6 is 22.9 Å². The van der Waals surface area contributed by atoms with E-state index in [1.54, 1.807) is 29.6 Å². The summed E-state index contributed by atoms with van der Waals surface area (Å²) in [6.45, 7) is 3.75. The summed E-state index contributed by atoms with van der Waals surface area (Å²) in [5.74, 6) is 0.280. The lowest BCUT2D eigenvalue weighted by Crippen LogP contribution is -2.30. The SMILES string of the molecule is COc1cc(-c2nc(C(=O)NC(C)C)cs2)ccc1OCc1c(F)cccc1Cl. The molecular weight excluding hydrogens is 415 g/mol. The molecule has 0 atom stereocenters. The van der Waals surface area contributed by atoms with E-state index in [9.17, 15) is 9.18 Å². The molecule has 0 fully saturated rings. The highest BCUT2D eigenvalue weighted by molar-refractivity contribution is 7.13. The van der Waals surface area contributed by atoms with Gasteiger partial charge in [-0.25, -0.2) is 9.37 Å². The minimum atomic E-state index is -0.428. The van der Waals surface area contributed by atoms with Crippen LogP contribution in [0.15, 0.2) is 41.8 Å². The van der Waals surface area contributed by atoms with Crippen LogP contribution in [0.5, 0.6) is 11.5 Å². The number of halogens is 2. The number of thiazole rings is 1. The molecule has 2 aromatic carbocycles. The molecule has 0 saturated heterocycles. The van der Waals surface area contributed by atoms with Crippen molar-refractivity contribution in [2.45, 2.75) is 26.5 Å². The number of rotatable bonds is 7. The van der Waals surface area contributed by atoms with Gasteiger partial charge in [0.2, 0.25) is 0 Å². The number of carbonyl (C=O) groups is 1. The van der Waals surface area contributed by atoms with Crippen LogP contribution in [-0.2, 0) is 6.61 Å². The first-order chi connectivity index (χ1) is 13.9. The molecule has 3 rings (SSSR count). The fourth-order valence-corrected chi connectivity index (χ4v) is 3.60. The lowest BCUT2D eigenvalue weighted by Gasteiger charge is -2.13. The Balaban J connectivity index is 1.79. The maximum Gasteiger partial charge on any atom is 0.270 e. The van der Waals surface area contributed by atoms with E-state index in [-0.39, 0.29) is 24.1 Å². The Labute approximate surface area is 177 Å². The first-order valence-electron chi connectivity index (χ1n) is 8.89. The molecule has 0 unspecified atom stereocenters. The average molecular weight is 435 g/mol. The Morgan fingerprint density at radius 2 is 2.07 bits per heavy atom. The maximum absolute atomic E-state index is 13.9. The molecule has 5 nitrogen and oxygen atoms in total. The third-order valence-corrected chi connectivity index (χ3v) is 5.25. The van der Waals surface area contributed by atoms with Crippen molar-refractivity contribution in [3.63, 3.8) is 0 Å². The second-order valence-electron chi connectivity index (χ2n) is 6.52. The van der Waals surface area contributed by atoms with Gasteiger partial charge in [0.05, 0.1) is 12.1 Å². The molecule has 0 saturated carbocycles. The monoisotopic (exact) mass is 434 g/mol. The molecule has 0 aliphatic rings. The van der Waals surface area contributed by atoms with Crippen molar-refractivity contribution in [3.8, 4) is 22.1 Å². The van der Waals surface area contributed by atoms with Crippen molar-refractivity contribution < 1.29 is 18.7 Å². The number of aromatic nitrogens is 1. The molecule has 0 aliphatic heterocycles. The Morgan fingerprint density at radius 3 is 2.76 bits per heavy atom. The number of hydrogen-bond donors (Lipinski definition) is 1. The number of amides is 1. The van der Waals surface area contributed by atoms with E-state index in [2.05, 4.69) is 10.3 Å². The summed E-state index contributed by atoms with van der Waals surface area (Å²) in [5, 5.41) is 5.51. The van der Waals surface area contributed by atoms with Crippen LogP contribution in [0.1, 0.15) is 29.9 Å². The minimum Gasteiger partial charge on any atom is -0.493 e. The Bertz CT molecular complexity index is 1000. The van der Waals surface area contributed by atoms with Gasteiger partial charge in [-0.3, -0.25) is 4.79 Å². The van der Waals surface area contributed by atoms with Crippen molar-refractivity contribution in [1.82, 2.24) is 10.3 Å². The largest absolute Gasteiger partial charge is 0.493 e. The lowest BCUT2D eigenvalue weighted by atomic mass is 10.2. The lowest BCUT2D eigenvalue weighted by molar-refractivity contribution is 0.0939. The van der Waals surface area contributed by atoms with Crippen LogP contribution in [0.2, 0.25) is 5.02 Å². The molecular formula is C21H20ClFN2O3S. The zero-order valence-electron chi connectivity index (χ0n) is 16.2. The van der Waals surface area contributed by atoms with Crippen LogP contribution in [0.4, 0.5) is 4.39 Å². The van der Waals surface area contributed by atoms with Crippen molar-refractivity contribution in [2.24, 2.45) is 0 Å². The van der Waals surface area contributed by atoms with Crippen LogP contribution in [0.3, 0.4) is 0 Å². The molecule has 0 radical (unpaired) electrons. The van der Waals surface area contributed by atoms with E-state index in [1.807, 2.05) is 19.9 Å². The smallest absolute Gasteiger partial charge is 0.270 e. The highest BCUT2D eigenvalue weighted by Gasteiger charge is 2.15. The molecule has 1 N–H and O–H groups in total. The molecule has 1 aromatic heterocycles. The van der Waals surface area contributed by atoms with Crippen molar-refractivity contribution in [1.29, 1.82) is 0 Å². The normalized spacial score (nSPS) is 10.8. The van der Waals surface area contributed by atoms with Gasteiger partial charge in [0, 0.05) is 22.5 Å². The molecule has 0 aliphatic carbocycles. The fraction of sp³-hybridized carbons (Fsp3) is 0.238. The molecule has 152 valence electrons. The Kier molecular flexibility index (Phi) is 6.71. The molecule has 29 heavy (non-hydrogen) atoms. The third kappa shape index (κ3) is 5.05. The van der Waals surface area contributed by atoms with Crippen molar-refractivity contribution >= 4 is 28.8 Å². The molecule has 3 aromatic rings. The topological polar surface area (TPSA) is 60.5 Å². The molecule has 0 bridgehead atoms. The molecule has 1 amide bonds. The predicted octanol–water partition coefficient (Wildman–Crippen LogP) is 5.33. The minimum absolute atomic E-state index is 0.0298. The van der Waals surface area contributed by atoms with E-state index in [0.717, 1.165) is 5.56 Å². The molecule has 8 heteroatoms. The van der Waals surface area contributed by atoms with Crippen LogP contribution in [0.25, 0.3) is 10.6 Å². The quantitative estimate of drug-likeness (QED) is 0.546. The zero-order valence-corrected chi connectivity index (χ0v) is 17.7. The van der Waals surface area contributed by atoms with Crippen molar-refractivity contribution in [3.05, 3.63) is 63.9 Å². The second-order valence-corrected chi connectivity index (χ2v) is 7.79. The van der Waals surface area contributed by atoms with Gasteiger partial charge in [-0.05, 0) is 44.2 Å². The van der Waals surface area contributed by atoms with Gasteiger partial charge in [-0.2, -0.15) is 0 Å². The standard InChI is InChI=1S/C21H20ClFN2O3S/c1-12(2)24-20(26)17-11-29-21(25-17)13-7-8-18(19(9-13)27-3)28-10-14-15(22)5-4-6-16(14)23/h4-9,11-12H,10H2,1-3H3,(H,24,26). The summed E-state index contributed by atoms with van der Waals surface area (Å²) in [6, 6.07) is 9.82. The number of nitrogens with one attached hydrogen (secondary N) is 1. The number of nitrogens with zero attached hydrogens (tertiary/aromatic N) is 1. The van der Waals surface area contributed by atoms with E-state index >= 15 is 0 Å². The van der Waals surface area contributed by atoms with Gasteiger partial charge < -0.3 is 14.8 Å². The highest BCUT2D eigenvalue weighted by Crippen LogP contribution is 2.34. The number of methoxy groups -OCH3 is 1. The third-order valence-electron chi connectivity index (χ3n) is 4.00. The van der Waals surface area contributed by atoms with Crippen LogP contribution in [0, 0.1) is 5.82 Å². The van der Waals surface area contributed by atoms with Crippen LogP contribution in [-0.4, -0.2) is 24.0 Å². The fourth-order valence-electron chi connectivity index (χ4n) is 2.59. The molecule has 1 heterocycles. The molecule has 0 spiro atoms. The number of carbonyl (C=O) groups excluding carboxylic acids is 1. The van der Waals surface area contributed by atoms with Gasteiger partial charge in [-0.1, -0.05) is 17.7 Å². The maximum atomic E-state index is 13.9. The second kappa shape index (κ2) is 9.24. The van der Waals surface area contributed by atoms with Gasteiger partial charge in [0.1, 0.15) is 23.1 Å². The first-order valence-corrected chi connectivity index (χ1v) is 10.1. The first kappa shape index (κ1) is 21.1. The van der Waals surface area contributed by atoms with Gasteiger partial charge in [0.25, 0.3) is 5.91 Å². The summed E-state index contributed by atoms with van der Waals surface area (Å²) in [7, 11) is 1.52. The van der Waals surface area contributed by atoms with E-state index in [0.29, 0.717) is 27.2 Å². The number of ether oxygens (including phenoxy) is 2. The Hall–Kier alpha value is -2.64. The average Bonchev–Trinajstić information content (AvgIpc) is 3.17. The van der Waals surface area contributed by atoms with E-state index < -0.39 is 5.82 Å². The van der Waals surface area contributed by atoms with Gasteiger partial charge >= 0.3 is 0 Å². The van der Waals surface area contributed by atoms with Gasteiger partial charge in [-0.15, -0.1) is 11.3 Å². The van der Waals surface area contributed by atoms with Gasteiger partial charge in [0.15, 0.2) is 11.5 Å². The Morgan fingerprint density at radius 1 is 1.28 bits per heavy atom. The summed E-state index contributed by atoms with van der Waals surface area (Å²) < 4.78 is 25.1. The number of hydrogen-bond acceptors (Lipinski definition) is 5.